The number of pyridine rings is 1. The Balaban J connectivity index is 1.62. The van der Waals surface area contributed by atoms with E-state index in [1.54, 1.807) is 31.2 Å². The minimum Gasteiger partial charge on any atom is -0.472 e. The highest BCUT2D eigenvalue weighted by Crippen LogP contribution is 2.38. The summed E-state index contributed by atoms with van der Waals surface area (Å²) in [6, 6.07) is 11.9. The van der Waals surface area contributed by atoms with Gasteiger partial charge in [0.15, 0.2) is 0 Å². The van der Waals surface area contributed by atoms with Crippen molar-refractivity contribution in [3.63, 3.8) is 0 Å². The second kappa shape index (κ2) is 8.89. The fourth-order valence-corrected chi connectivity index (χ4v) is 4.77. The van der Waals surface area contributed by atoms with Crippen molar-refractivity contribution in [1.29, 1.82) is 0 Å². The number of hydrogen-bond donors (Lipinski definition) is 1. The van der Waals surface area contributed by atoms with Gasteiger partial charge in [-0.3, -0.25) is 9.59 Å². The van der Waals surface area contributed by atoms with E-state index in [1.165, 1.54) is 41.4 Å². The van der Waals surface area contributed by atoms with Gasteiger partial charge in [0.1, 0.15) is 11.6 Å². The number of amides is 1. The maximum atomic E-state index is 14.8. The van der Waals surface area contributed by atoms with E-state index >= 15 is 0 Å². The molecular formula is C27H24F2N2O3. The highest BCUT2D eigenvalue weighted by molar-refractivity contribution is 6.08. The van der Waals surface area contributed by atoms with Crippen LogP contribution in [0.3, 0.4) is 0 Å². The van der Waals surface area contributed by atoms with Gasteiger partial charge in [0.2, 0.25) is 0 Å². The van der Waals surface area contributed by atoms with E-state index in [1.807, 2.05) is 0 Å². The topological polar surface area (TPSA) is 64.2 Å². The molecule has 1 saturated carbocycles. The van der Waals surface area contributed by atoms with Crippen LogP contribution in [0, 0.1) is 24.5 Å². The van der Waals surface area contributed by atoms with Crippen LogP contribution in [0.4, 0.5) is 8.78 Å². The quantitative estimate of drug-likeness (QED) is 0.412. The number of halogens is 2. The predicted molar refractivity (Wildman–Crippen MR) is 125 cm³/mol. The molecule has 0 unspecified atom stereocenters. The molecule has 2 aromatic carbocycles. The summed E-state index contributed by atoms with van der Waals surface area (Å²) in [5.41, 5.74) is 1.56. The number of aromatic nitrogens is 1. The third-order valence-corrected chi connectivity index (χ3v) is 6.77. The lowest BCUT2D eigenvalue weighted by Gasteiger charge is -2.35. The molecule has 1 N–H and O–H groups in total. The van der Waals surface area contributed by atoms with E-state index in [-0.39, 0.29) is 40.7 Å². The maximum absolute atomic E-state index is 14.8. The highest BCUT2D eigenvalue weighted by atomic mass is 19.1. The van der Waals surface area contributed by atoms with Gasteiger partial charge in [-0.1, -0.05) is 30.7 Å². The normalized spacial score (nSPS) is 14.7. The number of carbonyl (C=O) groups is 1. The standard InChI is InChI=1S/C27H24F2N2O3/c1-16-23(26(32)30-25(18-5-2-6-18)19-7-3-8-20(28)13-19)21-9-4-10-22(29)24(21)27(33)31(16)14-17-11-12-34-15-17/h3-4,7-13,15,18,25H,2,5-6,14H2,1H3,(H,30,32)/t25-/m0/s1. The number of nitrogens with one attached hydrogen (secondary N) is 1. The molecule has 0 bridgehead atoms. The van der Waals surface area contributed by atoms with Crippen molar-refractivity contribution in [3.8, 4) is 0 Å². The molecule has 1 amide bonds. The summed E-state index contributed by atoms with van der Waals surface area (Å²) >= 11 is 0. The van der Waals surface area contributed by atoms with Crippen LogP contribution >= 0.6 is 0 Å². The van der Waals surface area contributed by atoms with Crippen LogP contribution in [0.5, 0.6) is 0 Å². The number of carbonyl (C=O) groups excluding carboxylic acids is 1. The van der Waals surface area contributed by atoms with Gasteiger partial charge in [-0.15, -0.1) is 0 Å². The molecule has 1 aliphatic rings. The molecule has 5 rings (SSSR count). The van der Waals surface area contributed by atoms with Crippen LogP contribution in [-0.2, 0) is 6.54 Å². The zero-order valence-corrected chi connectivity index (χ0v) is 18.7. The van der Waals surface area contributed by atoms with Crippen molar-refractivity contribution < 1.29 is 18.0 Å². The molecule has 174 valence electrons. The number of rotatable bonds is 6. The lowest BCUT2D eigenvalue weighted by Crippen LogP contribution is -2.38. The van der Waals surface area contributed by atoms with Gasteiger partial charge in [0, 0.05) is 16.6 Å². The molecule has 4 aromatic rings. The van der Waals surface area contributed by atoms with Crippen LogP contribution in [-0.4, -0.2) is 10.5 Å². The number of hydrogen-bond acceptors (Lipinski definition) is 3. The van der Waals surface area contributed by atoms with Crippen LogP contribution in [0.25, 0.3) is 10.8 Å². The SMILES string of the molecule is Cc1c(C(=O)N[C@H](c2cccc(F)c2)C2CCC2)c2cccc(F)c2c(=O)n1Cc1ccoc1. The summed E-state index contributed by atoms with van der Waals surface area (Å²) in [5, 5.41) is 3.20. The van der Waals surface area contributed by atoms with Crippen molar-refractivity contribution in [2.45, 2.75) is 38.8 Å². The van der Waals surface area contributed by atoms with Gasteiger partial charge in [-0.2, -0.15) is 0 Å². The summed E-state index contributed by atoms with van der Waals surface area (Å²) in [7, 11) is 0. The average molecular weight is 462 g/mol. The number of benzene rings is 2. The Morgan fingerprint density at radius 1 is 1.18 bits per heavy atom. The predicted octanol–water partition coefficient (Wildman–Crippen LogP) is 5.50. The molecule has 5 nitrogen and oxygen atoms in total. The smallest absolute Gasteiger partial charge is 0.261 e. The first kappa shape index (κ1) is 22.1. The van der Waals surface area contributed by atoms with Gasteiger partial charge in [-0.05, 0) is 55.5 Å². The van der Waals surface area contributed by atoms with E-state index in [0.29, 0.717) is 11.3 Å². The van der Waals surface area contributed by atoms with Crippen LogP contribution in [0.2, 0.25) is 0 Å². The summed E-state index contributed by atoms with van der Waals surface area (Å²) in [6.45, 7) is 1.82. The monoisotopic (exact) mass is 462 g/mol. The van der Waals surface area contributed by atoms with Gasteiger partial charge in [-0.25, -0.2) is 8.78 Å². The van der Waals surface area contributed by atoms with Crippen molar-refractivity contribution in [2.75, 3.05) is 0 Å². The molecule has 2 aromatic heterocycles. The van der Waals surface area contributed by atoms with E-state index in [4.69, 9.17) is 4.42 Å². The Morgan fingerprint density at radius 3 is 2.65 bits per heavy atom. The molecule has 0 saturated heterocycles. The Morgan fingerprint density at radius 2 is 1.97 bits per heavy atom. The number of furan rings is 1. The highest BCUT2D eigenvalue weighted by Gasteiger charge is 2.31. The number of fused-ring (bicyclic) bond motifs is 1. The van der Waals surface area contributed by atoms with Gasteiger partial charge >= 0.3 is 0 Å². The zero-order valence-electron chi connectivity index (χ0n) is 18.7. The van der Waals surface area contributed by atoms with Crippen molar-refractivity contribution in [1.82, 2.24) is 9.88 Å². The largest absolute Gasteiger partial charge is 0.472 e. The summed E-state index contributed by atoms with van der Waals surface area (Å²) in [4.78, 5) is 26.9. The Labute approximate surface area is 195 Å². The minimum absolute atomic E-state index is 0.132. The molecule has 0 radical (unpaired) electrons. The first-order valence-corrected chi connectivity index (χ1v) is 11.3. The van der Waals surface area contributed by atoms with E-state index in [9.17, 15) is 18.4 Å². The molecule has 0 aliphatic heterocycles. The Hall–Kier alpha value is -3.74. The number of nitrogens with zero attached hydrogens (tertiary/aromatic N) is 1. The van der Waals surface area contributed by atoms with Gasteiger partial charge in [0.25, 0.3) is 11.5 Å². The van der Waals surface area contributed by atoms with Crippen LogP contribution in [0.1, 0.15) is 52.5 Å². The molecule has 7 heteroatoms. The van der Waals surface area contributed by atoms with Crippen LogP contribution < -0.4 is 10.9 Å². The summed E-state index contributed by atoms with van der Waals surface area (Å²) < 4.78 is 35.3. The molecule has 1 aliphatic carbocycles. The third kappa shape index (κ3) is 3.91. The van der Waals surface area contributed by atoms with E-state index in [0.717, 1.165) is 24.8 Å². The van der Waals surface area contributed by atoms with Crippen molar-refractivity contribution >= 4 is 16.7 Å². The van der Waals surface area contributed by atoms with Crippen molar-refractivity contribution in [2.24, 2.45) is 5.92 Å². The molecule has 1 atom stereocenters. The fourth-order valence-electron chi connectivity index (χ4n) is 4.77. The Bertz CT molecular complexity index is 1420. The fraction of sp³-hybridized carbons (Fsp3) is 0.259. The second-order valence-corrected chi connectivity index (χ2v) is 8.84. The van der Waals surface area contributed by atoms with Crippen LogP contribution in [0.15, 0.2) is 70.3 Å². The molecule has 34 heavy (non-hydrogen) atoms. The van der Waals surface area contributed by atoms with E-state index in [2.05, 4.69) is 5.32 Å². The minimum atomic E-state index is -0.682. The molecule has 1 fully saturated rings. The lowest BCUT2D eigenvalue weighted by atomic mass is 9.77. The first-order chi connectivity index (χ1) is 16.4. The lowest BCUT2D eigenvalue weighted by molar-refractivity contribution is 0.0900. The molecular weight excluding hydrogens is 438 g/mol. The summed E-state index contributed by atoms with van der Waals surface area (Å²) in [5.74, 6) is -1.28. The van der Waals surface area contributed by atoms with Crippen molar-refractivity contribution in [3.05, 3.63) is 105 Å². The van der Waals surface area contributed by atoms with E-state index < -0.39 is 17.3 Å². The molecule has 2 heterocycles. The van der Waals surface area contributed by atoms with Gasteiger partial charge < -0.3 is 14.3 Å². The molecule has 0 spiro atoms. The average Bonchev–Trinajstić information content (AvgIpc) is 3.28. The summed E-state index contributed by atoms with van der Waals surface area (Å²) in [6.07, 6.45) is 5.90. The first-order valence-electron chi connectivity index (χ1n) is 11.3. The third-order valence-electron chi connectivity index (χ3n) is 6.77. The zero-order chi connectivity index (χ0) is 23.8. The maximum Gasteiger partial charge on any atom is 0.261 e. The second-order valence-electron chi connectivity index (χ2n) is 8.84. The van der Waals surface area contributed by atoms with Gasteiger partial charge in [0.05, 0.1) is 36.1 Å². The Kier molecular flexibility index (Phi) is 5.77.